The van der Waals surface area contributed by atoms with Gasteiger partial charge in [0.25, 0.3) is 5.91 Å². The minimum atomic E-state index is -2.77. The van der Waals surface area contributed by atoms with Crippen molar-refractivity contribution in [2.75, 3.05) is 24.7 Å². The molecule has 38 heavy (non-hydrogen) atoms. The van der Waals surface area contributed by atoms with Crippen LogP contribution in [-0.2, 0) is 4.79 Å². The molecule has 0 spiro atoms. The lowest BCUT2D eigenvalue weighted by molar-refractivity contribution is -0.117. The molecule has 1 saturated carbocycles. The highest BCUT2D eigenvalue weighted by molar-refractivity contribution is 6.00. The van der Waals surface area contributed by atoms with E-state index in [0.717, 1.165) is 12.8 Å². The van der Waals surface area contributed by atoms with Crippen LogP contribution in [0.5, 0.6) is 5.75 Å². The van der Waals surface area contributed by atoms with Crippen LogP contribution < -0.4 is 20.7 Å². The van der Waals surface area contributed by atoms with Gasteiger partial charge in [-0.05, 0) is 31.0 Å². The number of para-hydroxylation sites is 1. The summed E-state index contributed by atoms with van der Waals surface area (Å²) in [6, 6.07) is 9.61. The molecule has 0 bridgehead atoms. The van der Waals surface area contributed by atoms with Crippen molar-refractivity contribution in [3.05, 3.63) is 66.6 Å². The molecule has 0 unspecified atom stereocenters. The van der Waals surface area contributed by atoms with Crippen molar-refractivity contribution in [2.45, 2.75) is 12.8 Å². The Morgan fingerprint density at radius 3 is 2.55 bits per heavy atom. The van der Waals surface area contributed by atoms with Gasteiger partial charge in [-0.15, -0.1) is 10.2 Å². The number of nitrogens with one attached hydrogen (secondary N) is 3. The van der Waals surface area contributed by atoms with E-state index in [4.69, 9.17) is 8.85 Å². The van der Waals surface area contributed by atoms with Gasteiger partial charge in [-0.3, -0.25) is 9.59 Å². The molecule has 12 heteroatoms. The minimum Gasteiger partial charge on any atom is -0.494 e. The lowest BCUT2D eigenvalue weighted by Crippen LogP contribution is -2.22. The van der Waals surface area contributed by atoms with Crippen LogP contribution in [-0.4, -0.2) is 51.0 Å². The Kier molecular flexibility index (Phi) is 5.86. The van der Waals surface area contributed by atoms with Crippen molar-refractivity contribution in [1.29, 1.82) is 0 Å². The Morgan fingerprint density at radius 1 is 1.05 bits per heavy atom. The summed E-state index contributed by atoms with van der Waals surface area (Å²) in [6.45, 7) is -2.77. The molecule has 192 valence electrons. The van der Waals surface area contributed by atoms with Gasteiger partial charge in [0.05, 0.1) is 24.0 Å². The molecule has 11 nitrogen and oxygen atoms in total. The summed E-state index contributed by atoms with van der Waals surface area (Å²) in [5.41, 5.74) is 1.39. The van der Waals surface area contributed by atoms with Crippen LogP contribution in [0, 0.1) is 11.9 Å². The fourth-order valence-corrected chi connectivity index (χ4v) is 3.74. The number of aromatic nitrogens is 5. The van der Waals surface area contributed by atoms with Crippen LogP contribution in [0.1, 0.15) is 27.4 Å². The van der Waals surface area contributed by atoms with Gasteiger partial charge >= 0.3 is 0 Å². The van der Waals surface area contributed by atoms with E-state index in [-0.39, 0.29) is 40.4 Å². The average Bonchev–Trinajstić information content (AvgIpc) is 3.79. The molecule has 1 aromatic carbocycles. The zero-order valence-corrected chi connectivity index (χ0v) is 20.0. The lowest BCUT2D eigenvalue weighted by atomic mass is 10.1. The number of ether oxygens (including phenoxy) is 1. The zero-order valence-electron chi connectivity index (χ0n) is 23.0. The van der Waals surface area contributed by atoms with Gasteiger partial charge in [-0.1, -0.05) is 12.1 Å². The van der Waals surface area contributed by atoms with Crippen molar-refractivity contribution in [3.63, 3.8) is 0 Å². The smallest absolute Gasteiger partial charge is 0.273 e. The maximum absolute atomic E-state index is 14.1. The molecule has 0 saturated heterocycles. The predicted octanol–water partition coefficient (Wildman–Crippen LogP) is 3.60. The molecule has 3 aromatic heterocycles. The largest absolute Gasteiger partial charge is 0.494 e. The summed E-state index contributed by atoms with van der Waals surface area (Å²) in [5.74, 6) is -1.45. The van der Waals surface area contributed by atoms with Crippen molar-refractivity contribution < 1.29 is 22.8 Å². The normalized spacial score (nSPS) is 14.0. The second kappa shape index (κ2) is 10.5. The number of nitrogens with zero attached hydrogens (tertiary/aromatic N) is 5. The number of benzene rings is 1. The van der Waals surface area contributed by atoms with Crippen molar-refractivity contribution >= 4 is 29.0 Å². The maximum atomic E-state index is 14.1. The quantitative estimate of drug-likeness (QED) is 0.299. The summed E-state index contributed by atoms with van der Waals surface area (Å²) in [7, 11) is 1.44. The molecule has 3 N–H and O–H groups in total. The van der Waals surface area contributed by atoms with E-state index in [2.05, 4.69) is 35.8 Å². The van der Waals surface area contributed by atoms with Gasteiger partial charge in [0.2, 0.25) is 11.9 Å². The Balaban J connectivity index is 1.49. The van der Waals surface area contributed by atoms with Crippen LogP contribution >= 0.6 is 0 Å². The minimum absolute atomic E-state index is 0.0712. The van der Waals surface area contributed by atoms with Gasteiger partial charge in [0.15, 0.2) is 17.3 Å². The molecule has 4 aromatic rings. The van der Waals surface area contributed by atoms with Crippen LogP contribution in [0.4, 0.5) is 21.6 Å². The van der Waals surface area contributed by atoms with Crippen molar-refractivity contribution in [2.24, 2.45) is 5.92 Å². The Labute approximate surface area is 221 Å². The molecule has 1 aliphatic carbocycles. The fraction of sp³-hybridized carbons (Fsp3) is 0.192. The van der Waals surface area contributed by atoms with E-state index in [1.807, 2.05) is 5.32 Å². The highest BCUT2D eigenvalue weighted by Crippen LogP contribution is 2.38. The van der Waals surface area contributed by atoms with E-state index >= 15 is 0 Å². The number of methoxy groups -OCH3 is 1. The number of rotatable bonds is 8. The van der Waals surface area contributed by atoms with E-state index in [1.54, 1.807) is 24.3 Å². The van der Waals surface area contributed by atoms with E-state index in [0.29, 0.717) is 22.6 Å². The van der Waals surface area contributed by atoms with E-state index in [9.17, 15) is 14.0 Å². The topological polar surface area (TPSA) is 144 Å². The van der Waals surface area contributed by atoms with Gasteiger partial charge in [0.1, 0.15) is 5.75 Å². The summed E-state index contributed by atoms with van der Waals surface area (Å²) in [4.78, 5) is 37.2. The molecule has 1 fully saturated rings. The van der Waals surface area contributed by atoms with Crippen LogP contribution in [0.25, 0.3) is 22.5 Å². The molecule has 0 radical (unpaired) electrons. The first-order chi connectivity index (χ1) is 19.6. The maximum Gasteiger partial charge on any atom is 0.273 e. The van der Waals surface area contributed by atoms with Gasteiger partial charge in [-0.25, -0.2) is 15.0 Å². The number of carbonyl (C=O) groups excluding carboxylic acids is 2. The monoisotopic (exact) mass is 517 g/mol. The number of halogens is 1. The van der Waals surface area contributed by atoms with Crippen LogP contribution in [0.2, 0.25) is 0 Å². The van der Waals surface area contributed by atoms with E-state index in [1.165, 1.54) is 37.8 Å². The molecule has 0 aliphatic heterocycles. The van der Waals surface area contributed by atoms with Crippen LogP contribution in [0.3, 0.4) is 0 Å². The first-order valence-electron chi connectivity index (χ1n) is 13.0. The summed E-state index contributed by atoms with van der Waals surface area (Å²) < 4.78 is 41.9. The molecular formula is C26H23FN8O3. The molecule has 5 rings (SSSR count). The van der Waals surface area contributed by atoms with Gasteiger partial charge < -0.3 is 20.7 Å². The molecule has 2 amide bonds. The lowest BCUT2D eigenvalue weighted by Gasteiger charge is -2.17. The third-order valence-electron chi connectivity index (χ3n) is 5.77. The molecule has 1 aliphatic rings. The standard InChI is InChI=1S/C26H23FN8O3/c1-28-26(37)21-19(11-20(34-35-21)33-25(36)14-8-9-14)32-18-7-3-5-16(22(18)38-2)15-12-30-24(31-13-15)17-6-4-10-29-23(17)27/h3-7,10-14H,8-9H2,1-2H3,(H,28,37)(H2,32,33,34,36)/i1D3. The number of pyridine rings is 1. The van der Waals surface area contributed by atoms with Crippen LogP contribution in [0.15, 0.2) is 55.0 Å². The average molecular weight is 518 g/mol. The number of hydrogen-bond acceptors (Lipinski definition) is 9. The van der Waals surface area contributed by atoms with Crippen molar-refractivity contribution in [1.82, 2.24) is 30.5 Å². The Hall–Kier alpha value is -5.00. The molecule has 0 atom stereocenters. The number of carbonyl (C=O) groups is 2. The summed E-state index contributed by atoms with van der Waals surface area (Å²) >= 11 is 0. The SMILES string of the molecule is [2H]C([2H])([2H])NC(=O)c1nnc(NC(=O)C2CC2)cc1Nc1cccc(-c2cnc(-c3cccnc3F)nc2)c1OC. The third kappa shape index (κ3) is 5.09. The first kappa shape index (κ1) is 21.1. The number of amides is 2. The molecular weight excluding hydrogens is 491 g/mol. The highest BCUT2D eigenvalue weighted by Gasteiger charge is 2.30. The summed E-state index contributed by atoms with van der Waals surface area (Å²) in [5, 5.41) is 15.4. The van der Waals surface area contributed by atoms with Crippen molar-refractivity contribution in [3.8, 4) is 28.3 Å². The zero-order chi connectivity index (χ0) is 29.1. The number of anilines is 3. The molecule has 3 heterocycles. The number of hydrogen-bond donors (Lipinski definition) is 3. The predicted molar refractivity (Wildman–Crippen MR) is 137 cm³/mol. The second-order valence-corrected chi connectivity index (χ2v) is 8.36. The summed E-state index contributed by atoms with van der Waals surface area (Å²) in [6.07, 6.45) is 5.89. The van der Waals surface area contributed by atoms with E-state index < -0.39 is 18.8 Å². The first-order valence-corrected chi connectivity index (χ1v) is 11.5. The Morgan fingerprint density at radius 2 is 1.84 bits per heavy atom. The third-order valence-corrected chi connectivity index (χ3v) is 5.77. The Bertz CT molecular complexity index is 1610. The fourth-order valence-electron chi connectivity index (χ4n) is 3.74. The second-order valence-electron chi connectivity index (χ2n) is 8.36. The highest BCUT2D eigenvalue weighted by atomic mass is 19.1. The van der Waals surface area contributed by atoms with Gasteiger partial charge in [0, 0.05) is 52.8 Å². The van der Waals surface area contributed by atoms with Gasteiger partial charge in [-0.2, -0.15) is 4.39 Å².